The first-order valence-corrected chi connectivity index (χ1v) is 7.15. The Bertz CT molecular complexity index is 512. The van der Waals surface area contributed by atoms with Crippen LogP contribution >= 0.6 is 11.8 Å². The van der Waals surface area contributed by atoms with Crippen LogP contribution < -0.4 is 5.32 Å². The molecule has 1 heterocycles. The van der Waals surface area contributed by atoms with E-state index in [-0.39, 0.29) is 12.6 Å². The van der Waals surface area contributed by atoms with Gasteiger partial charge in [0.2, 0.25) is 0 Å². The average Bonchev–Trinajstić information content (AvgIpc) is 2.76. The molecule has 0 radical (unpaired) electrons. The molecule has 0 saturated heterocycles. The van der Waals surface area contributed by atoms with Gasteiger partial charge in [-0.1, -0.05) is 24.8 Å². The van der Waals surface area contributed by atoms with E-state index in [1.807, 2.05) is 13.0 Å². The van der Waals surface area contributed by atoms with E-state index in [2.05, 4.69) is 34.3 Å². The second-order valence-corrected chi connectivity index (χ2v) is 5.32. The molecule has 98 valence electrons. The van der Waals surface area contributed by atoms with Crippen molar-refractivity contribution >= 4 is 22.8 Å². The quantitative estimate of drug-likeness (QED) is 0.699. The van der Waals surface area contributed by atoms with E-state index in [0.717, 1.165) is 28.5 Å². The maximum absolute atomic E-state index is 9.20. The van der Waals surface area contributed by atoms with Crippen molar-refractivity contribution in [1.82, 2.24) is 15.3 Å². The summed E-state index contributed by atoms with van der Waals surface area (Å²) in [6.07, 6.45) is 0. The van der Waals surface area contributed by atoms with E-state index in [4.69, 9.17) is 0 Å². The Kier molecular flexibility index (Phi) is 4.63. The molecule has 0 amide bonds. The summed E-state index contributed by atoms with van der Waals surface area (Å²) in [6.45, 7) is 5.13. The summed E-state index contributed by atoms with van der Waals surface area (Å²) in [5.41, 5.74) is 3.29. The van der Waals surface area contributed by atoms with Crippen molar-refractivity contribution in [2.45, 2.75) is 25.0 Å². The number of likely N-dealkylation sites (N-methyl/N-ethyl adjacent to an activating group) is 1. The third-order valence-electron chi connectivity index (χ3n) is 2.75. The third kappa shape index (κ3) is 3.25. The number of thioether (sulfide) groups is 1. The number of aromatic nitrogens is 2. The Hall–Kier alpha value is -1.04. The van der Waals surface area contributed by atoms with E-state index in [1.165, 1.54) is 5.56 Å². The second kappa shape index (κ2) is 6.22. The minimum Gasteiger partial charge on any atom is -0.395 e. The molecular weight excluding hydrogens is 246 g/mol. The van der Waals surface area contributed by atoms with Crippen LogP contribution in [0, 0.1) is 6.92 Å². The zero-order valence-corrected chi connectivity index (χ0v) is 11.5. The standard InChI is InChI=1S/C13H19N3OS/c1-3-14-10(7-17)8-18-13-15-11-5-4-9(2)6-12(11)16-13/h4-6,10,14,17H,3,7-8H2,1-2H3,(H,15,16). The first-order valence-electron chi connectivity index (χ1n) is 6.16. The van der Waals surface area contributed by atoms with Crippen LogP contribution in [0.5, 0.6) is 0 Å². The molecule has 0 fully saturated rings. The summed E-state index contributed by atoms with van der Waals surface area (Å²) in [4.78, 5) is 7.82. The van der Waals surface area contributed by atoms with Crippen LogP contribution in [0.1, 0.15) is 12.5 Å². The molecule has 0 aliphatic rings. The fourth-order valence-electron chi connectivity index (χ4n) is 1.81. The Labute approximate surface area is 111 Å². The van der Waals surface area contributed by atoms with Crippen molar-refractivity contribution < 1.29 is 5.11 Å². The molecular formula is C13H19N3OS. The SMILES string of the molecule is CCNC(CO)CSc1nc2ccc(C)cc2[nH]1. The Morgan fingerprint density at radius 3 is 3.06 bits per heavy atom. The summed E-state index contributed by atoms with van der Waals surface area (Å²) >= 11 is 1.64. The smallest absolute Gasteiger partial charge is 0.166 e. The first-order chi connectivity index (χ1) is 8.72. The van der Waals surface area contributed by atoms with Gasteiger partial charge in [0.05, 0.1) is 17.6 Å². The number of benzene rings is 1. The molecule has 1 atom stereocenters. The van der Waals surface area contributed by atoms with E-state index in [9.17, 15) is 5.11 Å². The number of hydrogen-bond donors (Lipinski definition) is 3. The average molecular weight is 265 g/mol. The predicted molar refractivity (Wildman–Crippen MR) is 76.1 cm³/mol. The van der Waals surface area contributed by atoms with Gasteiger partial charge in [0.15, 0.2) is 5.16 Å². The molecule has 1 unspecified atom stereocenters. The van der Waals surface area contributed by atoms with Crippen molar-refractivity contribution in [2.75, 3.05) is 18.9 Å². The number of hydrogen-bond acceptors (Lipinski definition) is 4. The van der Waals surface area contributed by atoms with Crippen LogP contribution in [0.3, 0.4) is 0 Å². The maximum Gasteiger partial charge on any atom is 0.166 e. The number of rotatable bonds is 6. The number of aliphatic hydroxyl groups excluding tert-OH is 1. The van der Waals surface area contributed by atoms with Crippen molar-refractivity contribution in [1.29, 1.82) is 0 Å². The zero-order chi connectivity index (χ0) is 13.0. The normalized spacial score (nSPS) is 13.1. The van der Waals surface area contributed by atoms with Crippen molar-refractivity contribution in [3.63, 3.8) is 0 Å². The molecule has 0 spiro atoms. The highest BCUT2D eigenvalue weighted by atomic mass is 32.2. The topological polar surface area (TPSA) is 60.9 Å². The number of fused-ring (bicyclic) bond motifs is 1. The first kappa shape index (κ1) is 13.4. The van der Waals surface area contributed by atoms with Gasteiger partial charge in [-0.2, -0.15) is 0 Å². The second-order valence-electron chi connectivity index (χ2n) is 4.31. The Morgan fingerprint density at radius 2 is 2.33 bits per heavy atom. The molecule has 4 nitrogen and oxygen atoms in total. The van der Waals surface area contributed by atoms with Crippen LogP contribution in [0.25, 0.3) is 11.0 Å². The predicted octanol–water partition coefficient (Wildman–Crippen LogP) is 1.93. The van der Waals surface area contributed by atoms with E-state index in [0.29, 0.717) is 0 Å². The Balaban J connectivity index is 2.03. The molecule has 2 aromatic rings. The monoisotopic (exact) mass is 265 g/mol. The van der Waals surface area contributed by atoms with Gasteiger partial charge in [-0.15, -0.1) is 0 Å². The molecule has 1 aromatic carbocycles. The minimum absolute atomic E-state index is 0.120. The summed E-state index contributed by atoms with van der Waals surface area (Å²) in [5.74, 6) is 0.809. The van der Waals surface area contributed by atoms with Gasteiger partial charge in [0.25, 0.3) is 0 Å². The van der Waals surface area contributed by atoms with Crippen LogP contribution in [-0.4, -0.2) is 40.0 Å². The molecule has 18 heavy (non-hydrogen) atoms. The van der Waals surface area contributed by atoms with Crippen LogP contribution in [0.2, 0.25) is 0 Å². The van der Waals surface area contributed by atoms with Crippen molar-refractivity contribution in [2.24, 2.45) is 0 Å². The van der Waals surface area contributed by atoms with Crippen LogP contribution in [0.15, 0.2) is 23.4 Å². The van der Waals surface area contributed by atoms with Gasteiger partial charge in [-0.25, -0.2) is 4.98 Å². The molecule has 3 N–H and O–H groups in total. The van der Waals surface area contributed by atoms with E-state index < -0.39 is 0 Å². The largest absolute Gasteiger partial charge is 0.395 e. The summed E-state index contributed by atoms with van der Waals surface area (Å²) in [6, 6.07) is 6.31. The van der Waals surface area contributed by atoms with Crippen molar-refractivity contribution in [3.05, 3.63) is 23.8 Å². The highest BCUT2D eigenvalue weighted by Gasteiger charge is 2.09. The maximum atomic E-state index is 9.20. The highest BCUT2D eigenvalue weighted by Crippen LogP contribution is 2.20. The lowest BCUT2D eigenvalue weighted by molar-refractivity contribution is 0.255. The summed E-state index contributed by atoms with van der Waals surface area (Å²) < 4.78 is 0. The lowest BCUT2D eigenvalue weighted by Gasteiger charge is -2.12. The van der Waals surface area contributed by atoms with E-state index in [1.54, 1.807) is 11.8 Å². The number of nitrogens with zero attached hydrogens (tertiary/aromatic N) is 1. The zero-order valence-electron chi connectivity index (χ0n) is 10.7. The number of aryl methyl sites for hydroxylation is 1. The molecule has 5 heteroatoms. The molecule has 1 aromatic heterocycles. The summed E-state index contributed by atoms with van der Waals surface area (Å²) in [7, 11) is 0. The van der Waals surface area contributed by atoms with Gasteiger partial charge < -0.3 is 15.4 Å². The fourth-order valence-corrected chi connectivity index (χ4v) is 2.74. The van der Waals surface area contributed by atoms with Gasteiger partial charge >= 0.3 is 0 Å². The number of imidazole rings is 1. The highest BCUT2D eigenvalue weighted by molar-refractivity contribution is 7.99. The van der Waals surface area contributed by atoms with Crippen molar-refractivity contribution in [3.8, 4) is 0 Å². The van der Waals surface area contributed by atoms with Gasteiger partial charge in [-0.05, 0) is 31.2 Å². The molecule has 0 bridgehead atoms. The van der Waals surface area contributed by atoms with Gasteiger partial charge in [0, 0.05) is 11.8 Å². The molecule has 2 rings (SSSR count). The van der Waals surface area contributed by atoms with Crippen LogP contribution in [0.4, 0.5) is 0 Å². The van der Waals surface area contributed by atoms with E-state index >= 15 is 0 Å². The molecule has 0 aliphatic carbocycles. The number of nitrogens with one attached hydrogen (secondary N) is 2. The van der Waals surface area contributed by atoms with Gasteiger partial charge in [-0.3, -0.25) is 0 Å². The molecule has 0 saturated carbocycles. The number of aromatic amines is 1. The minimum atomic E-state index is 0.120. The lowest BCUT2D eigenvalue weighted by atomic mass is 10.2. The number of aliphatic hydroxyl groups is 1. The fraction of sp³-hybridized carbons (Fsp3) is 0.462. The Morgan fingerprint density at radius 1 is 1.50 bits per heavy atom. The van der Waals surface area contributed by atoms with Gasteiger partial charge in [0.1, 0.15) is 0 Å². The number of H-pyrrole nitrogens is 1. The third-order valence-corrected chi connectivity index (χ3v) is 3.79. The lowest BCUT2D eigenvalue weighted by Crippen LogP contribution is -2.34. The van der Waals surface area contributed by atoms with Crippen LogP contribution in [-0.2, 0) is 0 Å². The molecule has 0 aliphatic heterocycles. The summed E-state index contributed by atoms with van der Waals surface area (Å²) in [5, 5.41) is 13.3.